The topological polar surface area (TPSA) is 35.6 Å². The van der Waals surface area contributed by atoms with E-state index in [1.165, 1.54) is 5.56 Å². The molecule has 110 valence electrons. The number of hydrazine groups is 1. The standard InChI is InChI=1S/C16H25N3O/c1-16(2,3)14-7-5-13(6-8-14)15(20)17-19-11-9-18(4)10-12-19/h5-8H,9-12H2,1-4H3,(H,17,20). The summed E-state index contributed by atoms with van der Waals surface area (Å²) in [6.45, 7) is 10.3. The Kier molecular flexibility index (Phi) is 4.45. The largest absolute Gasteiger partial charge is 0.304 e. The summed E-state index contributed by atoms with van der Waals surface area (Å²) in [4.78, 5) is 14.5. The molecule has 1 N–H and O–H groups in total. The number of carbonyl (C=O) groups excluding carboxylic acids is 1. The van der Waals surface area contributed by atoms with Crippen LogP contribution < -0.4 is 5.43 Å². The first-order chi connectivity index (χ1) is 9.36. The van der Waals surface area contributed by atoms with Crippen LogP contribution in [0.3, 0.4) is 0 Å². The zero-order valence-electron chi connectivity index (χ0n) is 12.9. The minimum Gasteiger partial charge on any atom is -0.304 e. The van der Waals surface area contributed by atoms with Gasteiger partial charge in [0.15, 0.2) is 0 Å². The maximum absolute atomic E-state index is 12.2. The van der Waals surface area contributed by atoms with Gasteiger partial charge in [-0.1, -0.05) is 32.9 Å². The van der Waals surface area contributed by atoms with Crippen LogP contribution in [-0.2, 0) is 5.41 Å². The Hall–Kier alpha value is -1.39. The highest BCUT2D eigenvalue weighted by atomic mass is 16.2. The van der Waals surface area contributed by atoms with Crippen molar-refractivity contribution in [2.75, 3.05) is 33.2 Å². The molecule has 1 amide bonds. The number of amides is 1. The van der Waals surface area contributed by atoms with Gasteiger partial charge in [0, 0.05) is 31.7 Å². The molecule has 1 saturated heterocycles. The first kappa shape index (κ1) is 15.0. The van der Waals surface area contributed by atoms with Crippen LogP contribution in [0.5, 0.6) is 0 Å². The van der Waals surface area contributed by atoms with Gasteiger partial charge >= 0.3 is 0 Å². The third-order valence-corrected chi connectivity index (χ3v) is 3.78. The van der Waals surface area contributed by atoms with Gasteiger partial charge in [-0.05, 0) is 30.2 Å². The van der Waals surface area contributed by atoms with Crippen LogP contribution in [0.25, 0.3) is 0 Å². The first-order valence-corrected chi connectivity index (χ1v) is 7.21. The molecule has 0 spiro atoms. The predicted molar refractivity (Wildman–Crippen MR) is 81.7 cm³/mol. The Bertz CT molecular complexity index is 454. The van der Waals surface area contributed by atoms with Crippen molar-refractivity contribution in [1.29, 1.82) is 0 Å². The fourth-order valence-electron chi connectivity index (χ4n) is 2.25. The van der Waals surface area contributed by atoms with Crippen LogP contribution in [-0.4, -0.2) is 49.0 Å². The zero-order chi connectivity index (χ0) is 14.8. The van der Waals surface area contributed by atoms with Crippen molar-refractivity contribution in [2.24, 2.45) is 0 Å². The highest BCUT2D eigenvalue weighted by Crippen LogP contribution is 2.22. The minimum atomic E-state index is -0.0185. The van der Waals surface area contributed by atoms with Crippen LogP contribution in [0.2, 0.25) is 0 Å². The number of hydrogen-bond acceptors (Lipinski definition) is 3. The van der Waals surface area contributed by atoms with Gasteiger partial charge in [0.25, 0.3) is 5.91 Å². The molecule has 1 aliphatic rings. The summed E-state index contributed by atoms with van der Waals surface area (Å²) in [5.74, 6) is -0.0185. The summed E-state index contributed by atoms with van der Waals surface area (Å²) in [6, 6.07) is 7.90. The van der Waals surface area contributed by atoms with E-state index in [1.54, 1.807) is 0 Å². The lowest BCUT2D eigenvalue weighted by atomic mass is 9.87. The summed E-state index contributed by atoms with van der Waals surface area (Å²) in [7, 11) is 2.10. The van der Waals surface area contributed by atoms with Crippen molar-refractivity contribution in [3.05, 3.63) is 35.4 Å². The Morgan fingerprint density at radius 1 is 1.05 bits per heavy atom. The number of piperazine rings is 1. The molecule has 0 aromatic heterocycles. The highest BCUT2D eigenvalue weighted by molar-refractivity contribution is 5.93. The molecule has 1 aromatic rings. The average molecular weight is 275 g/mol. The minimum absolute atomic E-state index is 0.0185. The lowest BCUT2D eigenvalue weighted by molar-refractivity contribution is 0.0662. The van der Waals surface area contributed by atoms with E-state index in [4.69, 9.17) is 0 Å². The fourth-order valence-corrected chi connectivity index (χ4v) is 2.25. The number of nitrogens with zero attached hydrogens (tertiary/aromatic N) is 2. The molecule has 0 radical (unpaired) electrons. The molecule has 0 unspecified atom stereocenters. The van der Waals surface area contributed by atoms with Gasteiger partial charge in [-0.3, -0.25) is 10.2 Å². The lowest BCUT2D eigenvalue weighted by Gasteiger charge is -2.32. The van der Waals surface area contributed by atoms with Gasteiger partial charge in [0.1, 0.15) is 0 Å². The van der Waals surface area contributed by atoms with Gasteiger partial charge in [0.2, 0.25) is 0 Å². The predicted octanol–water partition coefficient (Wildman–Crippen LogP) is 1.88. The van der Waals surface area contributed by atoms with Gasteiger partial charge in [-0.25, -0.2) is 5.01 Å². The van der Waals surface area contributed by atoms with Crippen LogP contribution in [0.1, 0.15) is 36.7 Å². The molecule has 1 aromatic carbocycles. The second-order valence-corrected chi connectivity index (χ2v) is 6.56. The Labute approximate surface area is 121 Å². The Morgan fingerprint density at radius 2 is 1.60 bits per heavy atom. The van der Waals surface area contributed by atoms with E-state index < -0.39 is 0 Å². The molecule has 0 bridgehead atoms. The van der Waals surface area contributed by atoms with Crippen molar-refractivity contribution in [2.45, 2.75) is 26.2 Å². The maximum atomic E-state index is 12.2. The second kappa shape index (κ2) is 5.94. The van der Waals surface area contributed by atoms with E-state index >= 15 is 0 Å². The molecule has 1 fully saturated rings. The highest BCUT2D eigenvalue weighted by Gasteiger charge is 2.17. The summed E-state index contributed by atoms with van der Waals surface area (Å²) in [5, 5.41) is 2.00. The fraction of sp³-hybridized carbons (Fsp3) is 0.562. The smallest absolute Gasteiger partial charge is 0.265 e. The first-order valence-electron chi connectivity index (χ1n) is 7.21. The second-order valence-electron chi connectivity index (χ2n) is 6.56. The number of rotatable bonds is 2. The van der Waals surface area contributed by atoms with Gasteiger partial charge in [-0.15, -0.1) is 0 Å². The Balaban J connectivity index is 1.96. The number of benzene rings is 1. The zero-order valence-corrected chi connectivity index (χ0v) is 12.9. The number of likely N-dealkylation sites (N-methyl/N-ethyl adjacent to an activating group) is 1. The normalized spacial score (nSPS) is 18.0. The average Bonchev–Trinajstić information content (AvgIpc) is 2.40. The molecule has 1 aliphatic heterocycles. The SMILES string of the molecule is CN1CCN(NC(=O)c2ccc(C(C)(C)C)cc2)CC1. The molecule has 1 heterocycles. The van der Waals surface area contributed by atoms with Crippen LogP contribution >= 0.6 is 0 Å². The molecule has 0 atom stereocenters. The van der Waals surface area contributed by atoms with Crippen molar-refractivity contribution in [3.8, 4) is 0 Å². The molecule has 0 aliphatic carbocycles. The lowest BCUT2D eigenvalue weighted by Crippen LogP contribution is -2.52. The quantitative estimate of drug-likeness (QED) is 0.895. The van der Waals surface area contributed by atoms with E-state index in [1.807, 2.05) is 29.3 Å². The van der Waals surface area contributed by atoms with E-state index in [0.29, 0.717) is 0 Å². The molecule has 4 heteroatoms. The van der Waals surface area contributed by atoms with Crippen molar-refractivity contribution in [3.63, 3.8) is 0 Å². The van der Waals surface area contributed by atoms with E-state index in [2.05, 4.69) is 38.1 Å². The maximum Gasteiger partial charge on any atom is 0.265 e. The molecule has 0 saturated carbocycles. The summed E-state index contributed by atoms with van der Waals surface area (Å²) in [6.07, 6.45) is 0. The third kappa shape index (κ3) is 3.81. The molecule has 20 heavy (non-hydrogen) atoms. The monoisotopic (exact) mass is 275 g/mol. The van der Waals surface area contributed by atoms with Crippen molar-refractivity contribution >= 4 is 5.91 Å². The van der Waals surface area contributed by atoms with E-state index in [9.17, 15) is 4.79 Å². The molecule has 4 nitrogen and oxygen atoms in total. The number of nitrogens with one attached hydrogen (secondary N) is 1. The molecular weight excluding hydrogens is 250 g/mol. The van der Waals surface area contributed by atoms with Crippen LogP contribution in [0, 0.1) is 0 Å². The Morgan fingerprint density at radius 3 is 2.10 bits per heavy atom. The molecular formula is C16H25N3O. The van der Waals surface area contributed by atoms with Crippen LogP contribution in [0.4, 0.5) is 0 Å². The van der Waals surface area contributed by atoms with E-state index in [0.717, 1.165) is 31.7 Å². The van der Waals surface area contributed by atoms with Crippen molar-refractivity contribution in [1.82, 2.24) is 15.3 Å². The molecule has 2 rings (SSSR count). The summed E-state index contributed by atoms with van der Waals surface area (Å²) in [5.41, 5.74) is 5.06. The van der Waals surface area contributed by atoms with Gasteiger partial charge < -0.3 is 4.90 Å². The summed E-state index contributed by atoms with van der Waals surface area (Å²) >= 11 is 0. The summed E-state index contributed by atoms with van der Waals surface area (Å²) < 4.78 is 0. The van der Waals surface area contributed by atoms with E-state index in [-0.39, 0.29) is 11.3 Å². The van der Waals surface area contributed by atoms with Gasteiger partial charge in [-0.2, -0.15) is 0 Å². The number of carbonyl (C=O) groups is 1. The van der Waals surface area contributed by atoms with Crippen molar-refractivity contribution < 1.29 is 4.79 Å². The number of hydrogen-bond donors (Lipinski definition) is 1. The van der Waals surface area contributed by atoms with Gasteiger partial charge in [0.05, 0.1) is 0 Å². The third-order valence-electron chi connectivity index (χ3n) is 3.78. The van der Waals surface area contributed by atoms with Crippen LogP contribution in [0.15, 0.2) is 24.3 Å².